The Morgan fingerprint density at radius 3 is 2.52 bits per heavy atom. The quantitative estimate of drug-likeness (QED) is 0.724. The van der Waals surface area contributed by atoms with E-state index in [0.717, 1.165) is 5.56 Å². The molecule has 1 unspecified atom stereocenters. The summed E-state index contributed by atoms with van der Waals surface area (Å²) in [5.74, 6) is -0.497. The molecule has 1 heterocycles. The molecule has 0 saturated carbocycles. The summed E-state index contributed by atoms with van der Waals surface area (Å²) < 4.78 is 13.0. The van der Waals surface area contributed by atoms with E-state index in [2.05, 4.69) is 15.6 Å². The largest absolute Gasteiger partial charge is 0.355 e. The number of benzene rings is 2. The van der Waals surface area contributed by atoms with Crippen molar-refractivity contribution in [3.63, 3.8) is 0 Å². The second-order valence-electron chi connectivity index (χ2n) is 5.66. The van der Waals surface area contributed by atoms with Crippen LogP contribution in [0.2, 0.25) is 0 Å². The first-order chi connectivity index (χ1) is 12.1. The highest BCUT2D eigenvalue weighted by molar-refractivity contribution is 6.00. The van der Waals surface area contributed by atoms with E-state index >= 15 is 0 Å². The van der Waals surface area contributed by atoms with Gasteiger partial charge in [-0.1, -0.05) is 18.2 Å². The number of pyridine rings is 1. The maximum absolute atomic E-state index is 13.0. The highest BCUT2D eigenvalue weighted by Crippen LogP contribution is 2.22. The average molecular weight is 335 g/mol. The van der Waals surface area contributed by atoms with Crippen LogP contribution in [0.25, 0.3) is 0 Å². The standard InChI is InChI=1S/C20H18FN3O/c1-14(15-5-4-12-22-13-15)23-20(25)18-6-2-3-7-19(18)24-17-10-8-16(21)9-11-17/h2-14,24H,1H3,(H,23,25). The van der Waals surface area contributed by atoms with Gasteiger partial charge in [0.25, 0.3) is 5.91 Å². The monoisotopic (exact) mass is 335 g/mol. The molecule has 5 heteroatoms. The number of carbonyl (C=O) groups excluding carboxylic acids is 1. The van der Waals surface area contributed by atoms with Gasteiger partial charge in [-0.25, -0.2) is 4.39 Å². The van der Waals surface area contributed by atoms with Gasteiger partial charge in [-0.15, -0.1) is 0 Å². The Labute approximate surface area is 145 Å². The second kappa shape index (κ2) is 7.57. The summed E-state index contributed by atoms with van der Waals surface area (Å²) in [6.45, 7) is 1.91. The van der Waals surface area contributed by atoms with Crippen molar-refractivity contribution >= 4 is 17.3 Å². The molecule has 1 amide bonds. The Balaban J connectivity index is 1.77. The summed E-state index contributed by atoms with van der Waals surface area (Å²) in [7, 11) is 0. The zero-order valence-electron chi connectivity index (χ0n) is 13.7. The van der Waals surface area contributed by atoms with Gasteiger partial charge in [0, 0.05) is 18.1 Å². The summed E-state index contributed by atoms with van der Waals surface area (Å²) in [4.78, 5) is 16.7. The van der Waals surface area contributed by atoms with Gasteiger partial charge >= 0.3 is 0 Å². The third kappa shape index (κ3) is 4.20. The molecule has 3 rings (SSSR count). The van der Waals surface area contributed by atoms with Crippen molar-refractivity contribution < 1.29 is 9.18 Å². The fourth-order valence-electron chi connectivity index (χ4n) is 2.47. The molecule has 0 aliphatic heterocycles. The minimum absolute atomic E-state index is 0.167. The van der Waals surface area contributed by atoms with Crippen molar-refractivity contribution in [2.24, 2.45) is 0 Å². The van der Waals surface area contributed by atoms with Gasteiger partial charge < -0.3 is 10.6 Å². The molecule has 0 aliphatic rings. The number of anilines is 2. The molecular weight excluding hydrogens is 317 g/mol. The third-order valence-electron chi connectivity index (χ3n) is 3.83. The fraction of sp³-hybridized carbons (Fsp3) is 0.100. The topological polar surface area (TPSA) is 54.0 Å². The number of para-hydroxylation sites is 1. The Bertz CT molecular complexity index is 850. The number of rotatable bonds is 5. The molecule has 3 aromatic rings. The molecule has 0 fully saturated rings. The highest BCUT2D eigenvalue weighted by Gasteiger charge is 2.15. The number of halogens is 1. The van der Waals surface area contributed by atoms with Crippen LogP contribution in [0.5, 0.6) is 0 Å². The van der Waals surface area contributed by atoms with Crippen molar-refractivity contribution in [1.82, 2.24) is 10.3 Å². The molecule has 0 radical (unpaired) electrons. The zero-order chi connectivity index (χ0) is 17.6. The Hall–Kier alpha value is -3.21. The van der Waals surface area contributed by atoms with E-state index in [1.54, 1.807) is 36.7 Å². The molecule has 4 nitrogen and oxygen atoms in total. The molecule has 1 atom stereocenters. The van der Waals surface area contributed by atoms with Gasteiger partial charge in [-0.3, -0.25) is 9.78 Å². The Morgan fingerprint density at radius 2 is 1.80 bits per heavy atom. The van der Waals surface area contributed by atoms with Gasteiger partial charge in [-0.2, -0.15) is 0 Å². The normalized spacial score (nSPS) is 11.6. The van der Waals surface area contributed by atoms with Crippen molar-refractivity contribution in [3.05, 3.63) is 90.0 Å². The molecule has 1 aromatic heterocycles. The minimum atomic E-state index is -0.304. The van der Waals surface area contributed by atoms with E-state index in [1.165, 1.54) is 12.1 Å². The molecule has 126 valence electrons. The van der Waals surface area contributed by atoms with Crippen LogP contribution in [0.15, 0.2) is 73.1 Å². The van der Waals surface area contributed by atoms with E-state index in [9.17, 15) is 9.18 Å². The summed E-state index contributed by atoms with van der Waals surface area (Å²) in [5, 5.41) is 6.12. The Kier molecular flexibility index (Phi) is 5.04. The molecule has 0 spiro atoms. The van der Waals surface area contributed by atoms with Crippen molar-refractivity contribution in [1.29, 1.82) is 0 Å². The summed E-state index contributed by atoms with van der Waals surface area (Å²) in [6.07, 6.45) is 3.42. The molecule has 25 heavy (non-hydrogen) atoms. The number of hydrogen-bond acceptors (Lipinski definition) is 3. The predicted molar refractivity (Wildman–Crippen MR) is 96.2 cm³/mol. The van der Waals surface area contributed by atoms with Crippen molar-refractivity contribution in [2.45, 2.75) is 13.0 Å². The van der Waals surface area contributed by atoms with Crippen LogP contribution in [0, 0.1) is 5.82 Å². The lowest BCUT2D eigenvalue weighted by Crippen LogP contribution is -2.27. The molecular formula is C20H18FN3O. The third-order valence-corrected chi connectivity index (χ3v) is 3.83. The second-order valence-corrected chi connectivity index (χ2v) is 5.66. The Morgan fingerprint density at radius 1 is 1.04 bits per heavy atom. The van der Waals surface area contributed by atoms with Gasteiger partial charge in [0.15, 0.2) is 0 Å². The molecule has 0 bridgehead atoms. The maximum Gasteiger partial charge on any atom is 0.253 e. The van der Waals surface area contributed by atoms with Crippen molar-refractivity contribution in [2.75, 3.05) is 5.32 Å². The highest BCUT2D eigenvalue weighted by atomic mass is 19.1. The smallest absolute Gasteiger partial charge is 0.253 e. The van der Waals surface area contributed by atoms with Crippen LogP contribution in [0.3, 0.4) is 0 Å². The first-order valence-electron chi connectivity index (χ1n) is 7.96. The van der Waals surface area contributed by atoms with Crippen LogP contribution in [-0.4, -0.2) is 10.9 Å². The lowest BCUT2D eigenvalue weighted by molar-refractivity contribution is 0.0940. The van der Waals surface area contributed by atoms with Crippen LogP contribution in [0.1, 0.15) is 28.9 Å². The first-order valence-corrected chi connectivity index (χ1v) is 7.96. The van der Waals surface area contributed by atoms with E-state index in [0.29, 0.717) is 16.9 Å². The number of carbonyl (C=O) groups is 1. The van der Waals surface area contributed by atoms with Crippen LogP contribution >= 0.6 is 0 Å². The van der Waals surface area contributed by atoms with E-state index in [1.807, 2.05) is 31.2 Å². The van der Waals surface area contributed by atoms with Gasteiger partial charge in [0.1, 0.15) is 5.82 Å². The molecule has 2 N–H and O–H groups in total. The predicted octanol–water partition coefficient (Wildman–Crippen LogP) is 4.46. The number of amides is 1. The fourth-order valence-corrected chi connectivity index (χ4v) is 2.47. The maximum atomic E-state index is 13.0. The van der Waals surface area contributed by atoms with Gasteiger partial charge in [0.05, 0.1) is 17.3 Å². The van der Waals surface area contributed by atoms with Crippen LogP contribution < -0.4 is 10.6 Å². The number of aromatic nitrogens is 1. The van der Waals surface area contributed by atoms with Crippen LogP contribution in [0.4, 0.5) is 15.8 Å². The lowest BCUT2D eigenvalue weighted by atomic mass is 10.1. The number of nitrogens with zero attached hydrogens (tertiary/aromatic N) is 1. The first kappa shape index (κ1) is 16.6. The van der Waals surface area contributed by atoms with Gasteiger partial charge in [-0.05, 0) is 55.0 Å². The SMILES string of the molecule is CC(NC(=O)c1ccccc1Nc1ccc(F)cc1)c1cccnc1. The zero-order valence-corrected chi connectivity index (χ0v) is 13.7. The van der Waals surface area contributed by atoms with E-state index < -0.39 is 0 Å². The van der Waals surface area contributed by atoms with Gasteiger partial charge in [0.2, 0.25) is 0 Å². The van der Waals surface area contributed by atoms with E-state index in [4.69, 9.17) is 0 Å². The minimum Gasteiger partial charge on any atom is -0.355 e. The number of nitrogens with one attached hydrogen (secondary N) is 2. The average Bonchev–Trinajstić information content (AvgIpc) is 2.64. The van der Waals surface area contributed by atoms with Crippen LogP contribution in [-0.2, 0) is 0 Å². The summed E-state index contributed by atoms with van der Waals surface area (Å²) in [6, 6.07) is 16.8. The van der Waals surface area contributed by atoms with E-state index in [-0.39, 0.29) is 17.8 Å². The molecule has 2 aromatic carbocycles. The molecule has 0 saturated heterocycles. The lowest BCUT2D eigenvalue weighted by Gasteiger charge is -2.16. The molecule has 0 aliphatic carbocycles. The van der Waals surface area contributed by atoms with Crippen molar-refractivity contribution in [3.8, 4) is 0 Å². The summed E-state index contributed by atoms with van der Waals surface area (Å²) >= 11 is 0. The number of hydrogen-bond donors (Lipinski definition) is 2. The summed E-state index contributed by atoms with van der Waals surface area (Å²) in [5.41, 5.74) is 2.81.